The van der Waals surface area contributed by atoms with Gasteiger partial charge < -0.3 is 10.0 Å². The molecule has 0 spiro atoms. The van der Waals surface area contributed by atoms with Crippen molar-refractivity contribution in [2.75, 3.05) is 19.6 Å². The van der Waals surface area contributed by atoms with Crippen molar-refractivity contribution in [1.29, 1.82) is 0 Å². The van der Waals surface area contributed by atoms with Crippen molar-refractivity contribution in [2.24, 2.45) is 5.92 Å². The van der Waals surface area contributed by atoms with E-state index in [9.17, 15) is 0 Å². The molecule has 1 fully saturated rings. The molecule has 1 saturated heterocycles. The Labute approximate surface area is 96.1 Å². The number of aliphatic hydroxyl groups excluding tert-OH is 1. The molecular weight excluding hydrogens is 204 g/mol. The molecule has 5 nitrogen and oxygen atoms in total. The van der Waals surface area contributed by atoms with Crippen molar-refractivity contribution in [2.45, 2.75) is 32.9 Å². The highest BCUT2D eigenvalue weighted by atomic mass is 16.3. The molecule has 2 heterocycles. The summed E-state index contributed by atoms with van der Waals surface area (Å²) in [6.45, 7) is 6.63. The zero-order chi connectivity index (χ0) is 11.4. The Morgan fingerprint density at radius 1 is 1.56 bits per heavy atom. The van der Waals surface area contributed by atoms with Gasteiger partial charge in [-0.2, -0.15) is 0 Å². The molecule has 0 saturated carbocycles. The third-order valence-corrected chi connectivity index (χ3v) is 3.24. The summed E-state index contributed by atoms with van der Waals surface area (Å²) in [7, 11) is 0. The Kier molecular flexibility index (Phi) is 3.90. The van der Waals surface area contributed by atoms with Gasteiger partial charge in [-0.3, -0.25) is 4.68 Å². The van der Waals surface area contributed by atoms with Crippen LogP contribution in [0.15, 0.2) is 6.20 Å². The number of hydrogen-bond acceptors (Lipinski definition) is 4. The smallest absolute Gasteiger partial charge is 0.108 e. The van der Waals surface area contributed by atoms with Gasteiger partial charge in [0.1, 0.15) is 5.69 Å². The summed E-state index contributed by atoms with van der Waals surface area (Å²) in [4.78, 5) is 2.48. The number of aliphatic hydroxyl groups is 1. The maximum atomic E-state index is 8.91. The fourth-order valence-corrected chi connectivity index (χ4v) is 2.35. The summed E-state index contributed by atoms with van der Waals surface area (Å²) in [5.74, 6) is 0.668. The van der Waals surface area contributed by atoms with Gasteiger partial charge in [-0.15, -0.1) is 5.10 Å². The fourth-order valence-electron chi connectivity index (χ4n) is 2.35. The second kappa shape index (κ2) is 5.41. The molecule has 1 aliphatic rings. The van der Waals surface area contributed by atoms with Gasteiger partial charge in [-0.1, -0.05) is 12.1 Å². The van der Waals surface area contributed by atoms with Gasteiger partial charge in [0.2, 0.25) is 0 Å². The van der Waals surface area contributed by atoms with Crippen molar-refractivity contribution in [3.05, 3.63) is 11.9 Å². The Morgan fingerprint density at radius 2 is 2.44 bits per heavy atom. The van der Waals surface area contributed by atoms with Crippen molar-refractivity contribution in [3.8, 4) is 0 Å². The monoisotopic (exact) mass is 224 g/mol. The third kappa shape index (κ3) is 2.80. The van der Waals surface area contributed by atoms with E-state index in [2.05, 4.69) is 22.1 Å². The average molecular weight is 224 g/mol. The highest BCUT2D eigenvalue weighted by Crippen LogP contribution is 2.17. The van der Waals surface area contributed by atoms with Gasteiger partial charge in [0.25, 0.3) is 0 Å². The first-order valence-electron chi connectivity index (χ1n) is 6.04. The van der Waals surface area contributed by atoms with Crippen LogP contribution >= 0.6 is 0 Å². The molecule has 1 unspecified atom stereocenters. The molecule has 0 radical (unpaired) electrons. The fraction of sp³-hybridized carbons (Fsp3) is 0.818. The molecule has 1 atom stereocenters. The molecule has 16 heavy (non-hydrogen) atoms. The number of nitrogens with zero attached hydrogens (tertiary/aromatic N) is 4. The molecule has 1 aromatic heterocycles. The first-order valence-corrected chi connectivity index (χ1v) is 6.04. The third-order valence-electron chi connectivity index (χ3n) is 3.24. The van der Waals surface area contributed by atoms with Gasteiger partial charge in [0, 0.05) is 13.1 Å². The van der Waals surface area contributed by atoms with E-state index in [4.69, 9.17) is 5.11 Å². The van der Waals surface area contributed by atoms with Crippen LogP contribution in [0.2, 0.25) is 0 Å². The van der Waals surface area contributed by atoms with Crippen LogP contribution in [0.5, 0.6) is 0 Å². The number of hydrogen-bond donors (Lipinski definition) is 1. The highest BCUT2D eigenvalue weighted by molar-refractivity contribution is 4.89. The van der Waals surface area contributed by atoms with E-state index in [1.54, 1.807) is 0 Å². The zero-order valence-corrected chi connectivity index (χ0v) is 9.84. The number of piperidine rings is 1. The van der Waals surface area contributed by atoms with E-state index in [1.807, 2.05) is 10.9 Å². The van der Waals surface area contributed by atoms with Gasteiger partial charge >= 0.3 is 0 Å². The first kappa shape index (κ1) is 11.5. The van der Waals surface area contributed by atoms with Crippen LogP contribution in [0.4, 0.5) is 0 Å². The van der Waals surface area contributed by atoms with Gasteiger partial charge in [-0.25, -0.2) is 0 Å². The van der Waals surface area contributed by atoms with Crippen LogP contribution in [0.1, 0.15) is 25.5 Å². The summed E-state index contributed by atoms with van der Waals surface area (Å²) >= 11 is 0. The standard InChI is InChI=1S/C11H20N4O/c1-2-14-5-3-4-10(6-14)7-15-8-11(9-16)12-13-15/h8,10,16H,2-7,9H2,1H3. The molecule has 90 valence electrons. The van der Waals surface area contributed by atoms with Crippen LogP contribution in [-0.2, 0) is 13.2 Å². The Balaban J connectivity index is 1.88. The molecule has 0 bridgehead atoms. The summed E-state index contributed by atoms with van der Waals surface area (Å²) in [5.41, 5.74) is 0.656. The zero-order valence-electron chi connectivity index (χ0n) is 9.84. The Bertz CT molecular complexity index is 326. The Morgan fingerprint density at radius 3 is 3.12 bits per heavy atom. The van der Waals surface area contributed by atoms with E-state index < -0.39 is 0 Å². The van der Waals surface area contributed by atoms with Crippen molar-refractivity contribution in [1.82, 2.24) is 19.9 Å². The van der Waals surface area contributed by atoms with E-state index in [-0.39, 0.29) is 6.61 Å². The van der Waals surface area contributed by atoms with Crippen LogP contribution in [0.25, 0.3) is 0 Å². The second-order valence-electron chi connectivity index (χ2n) is 4.49. The molecule has 0 aromatic carbocycles. The van der Waals surface area contributed by atoms with Gasteiger partial charge in [-0.05, 0) is 31.8 Å². The van der Waals surface area contributed by atoms with E-state index in [1.165, 1.54) is 19.4 Å². The lowest BCUT2D eigenvalue weighted by molar-refractivity contribution is 0.166. The number of likely N-dealkylation sites (tertiary alicyclic amines) is 1. The van der Waals surface area contributed by atoms with Crippen LogP contribution < -0.4 is 0 Å². The summed E-state index contributed by atoms with van der Waals surface area (Å²) in [6, 6.07) is 0. The lowest BCUT2D eigenvalue weighted by Gasteiger charge is -2.31. The summed E-state index contributed by atoms with van der Waals surface area (Å²) < 4.78 is 1.86. The lowest BCUT2D eigenvalue weighted by atomic mass is 9.98. The number of aromatic nitrogens is 3. The molecule has 0 amide bonds. The van der Waals surface area contributed by atoms with Crippen molar-refractivity contribution < 1.29 is 5.11 Å². The van der Waals surface area contributed by atoms with Gasteiger partial charge in [0.05, 0.1) is 12.8 Å². The maximum Gasteiger partial charge on any atom is 0.108 e. The van der Waals surface area contributed by atoms with E-state index >= 15 is 0 Å². The van der Waals surface area contributed by atoms with Crippen LogP contribution in [0, 0.1) is 5.92 Å². The largest absolute Gasteiger partial charge is 0.390 e. The topological polar surface area (TPSA) is 54.2 Å². The van der Waals surface area contributed by atoms with E-state index in [0.29, 0.717) is 11.6 Å². The summed E-state index contributed by atoms with van der Waals surface area (Å²) in [5, 5.41) is 16.8. The Hall–Kier alpha value is -0.940. The van der Waals surface area contributed by atoms with Crippen LogP contribution in [0.3, 0.4) is 0 Å². The molecule has 0 aliphatic carbocycles. The normalized spacial score (nSPS) is 22.5. The minimum absolute atomic E-state index is 0.0221. The van der Waals surface area contributed by atoms with Crippen LogP contribution in [-0.4, -0.2) is 44.6 Å². The second-order valence-corrected chi connectivity index (χ2v) is 4.49. The predicted octanol–water partition coefficient (Wildman–Crippen LogP) is 0.502. The van der Waals surface area contributed by atoms with Gasteiger partial charge in [0.15, 0.2) is 0 Å². The van der Waals surface area contributed by atoms with E-state index in [0.717, 1.165) is 19.6 Å². The average Bonchev–Trinajstić information content (AvgIpc) is 2.77. The minimum Gasteiger partial charge on any atom is -0.390 e. The lowest BCUT2D eigenvalue weighted by Crippen LogP contribution is -2.36. The minimum atomic E-state index is -0.0221. The maximum absolute atomic E-state index is 8.91. The first-order chi connectivity index (χ1) is 7.81. The summed E-state index contributed by atoms with van der Waals surface area (Å²) in [6.07, 6.45) is 4.38. The van der Waals surface area contributed by atoms with Crippen molar-refractivity contribution in [3.63, 3.8) is 0 Å². The predicted molar refractivity (Wildman–Crippen MR) is 60.8 cm³/mol. The SMILES string of the molecule is CCN1CCCC(Cn2cc(CO)nn2)C1. The molecule has 2 rings (SSSR count). The highest BCUT2D eigenvalue weighted by Gasteiger charge is 2.19. The molecule has 1 aromatic rings. The quantitative estimate of drug-likeness (QED) is 0.809. The molecular formula is C11H20N4O. The molecule has 5 heteroatoms. The number of rotatable bonds is 4. The molecule has 1 N–H and O–H groups in total. The van der Waals surface area contributed by atoms with Crippen molar-refractivity contribution >= 4 is 0 Å². The molecule has 1 aliphatic heterocycles.